The highest BCUT2D eigenvalue weighted by molar-refractivity contribution is 6.31. The van der Waals surface area contributed by atoms with E-state index >= 15 is 0 Å². The SMILES string of the molecule is COc1cc(C(=O)CCC(C)(O)c2cc(C(N)C(N)=O)cc(-c3ccc(F)c(Cl)c3)n2)ccc1OC1CC1. The molecule has 0 aliphatic heterocycles. The van der Waals surface area contributed by atoms with Crippen molar-refractivity contribution in [1.82, 2.24) is 4.98 Å². The number of Topliss-reactive ketones (excluding diaryl/α,β-unsaturated/α-hetero) is 1. The molecule has 4 rings (SSSR count). The molecule has 0 radical (unpaired) electrons. The number of hydrogen-bond acceptors (Lipinski definition) is 7. The summed E-state index contributed by atoms with van der Waals surface area (Å²) in [7, 11) is 1.51. The number of primary amides is 1. The maximum atomic E-state index is 13.7. The van der Waals surface area contributed by atoms with Crippen LogP contribution < -0.4 is 20.9 Å². The second kappa shape index (κ2) is 11.1. The molecule has 1 saturated carbocycles. The largest absolute Gasteiger partial charge is 0.493 e. The number of aromatic nitrogens is 1. The molecule has 2 aromatic carbocycles. The van der Waals surface area contributed by atoms with Gasteiger partial charge in [-0.25, -0.2) is 9.37 Å². The molecule has 8 nitrogen and oxygen atoms in total. The molecular weight excluding hydrogens is 513 g/mol. The van der Waals surface area contributed by atoms with Gasteiger partial charge in [0.15, 0.2) is 17.3 Å². The first-order chi connectivity index (χ1) is 18.0. The van der Waals surface area contributed by atoms with Gasteiger partial charge < -0.3 is 26.0 Å². The van der Waals surface area contributed by atoms with Gasteiger partial charge in [-0.05, 0) is 80.3 Å². The lowest BCUT2D eigenvalue weighted by atomic mass is 9.90. The number of nitrogens with zero attached hydrogens (tertiary/aromatic N) is 1. The maximum absolute atomic E-state index is 13.7. The van der Waals surface area contributed by atoms with Crippen LogP contribution in [0.1, 0.15) is 60.3 Å². The first-order valence-corrected chi connectivity index (χ1v) is 12.5. The molecule has 0 bridgehead atoms. The number of ether oxygens (including phenoxy) is 2. The van der Waals surface area contributed by atoms with Gasteiger partial charge >= 0.3 is 0 Å². The standard InChI is InChI=1S/C28H29ClFN3O5/c1-28(36,10-9-22(34)16-4-8-23(24(13-16)37-2)38-18-5-6-18)25-14-17(26(31)27(32)35)12-21(33-25)15-3-7-20(30)19(29)11-15/h3-4,7-8,11-14,18,26,36H,5-6,9-10,31H2,1-2H3,(H2,32,35). The second-order valence-corrected chi connectivity index (χ2v) is 9.97. The summed E-state index contributed by atoms with van der Waals surface area (Å²) in [4.78, 5) is 29.3. The number of benzene rings is 2. The highest BCUT2D eigenvalue weighted by atomic mass is 35.5. The molecule has 2 atom stereocenters. The fourth-order valence-corrected chi connectivity index (χ4v) is 4.09. The number of halogens is 2. The van der Waals surface area contributed by atoms with Crippen molar-refractivity contribution in [2.24, 2.45) is 11.5 Å². The van der Waals surface area contributed by atoms with E-state index in [0.717, 1.165) is 12.8 Å². The van der Waals surface area contributed by atoms with E-state index in [9.17, 15) is 19.1 Å². The van der Waals surface area contributed by atoms with Crippen molar-refractivity contribution >= 4 is 23.3 Å². The van der Waals surface area contributed by atoms with Crippen LogP contribution >= 0.6 is 11.6 Å². The number of nitrogens with two attached hydrogens (primary N) is 2. The van der Waals surface area contributed by atoms with Gasteiger partial charge in [-0.15, -0.1) is 0 Å². The lowest BCUT2D eigenvalue weighted by Gasteiger charge is -2.25. The van der Waals surface area contributed by atoms with Crippen LogP contribution in [0.25, 0.3) is 11.3 Å². The van der Waals surface area contributed by atoms with Crippen molar-refractivity contribution < 1.29 is 28.6 Å². The van der Waals surface area contributed by atoms with Gasteiger partial charge in [0.2, 0.25) is 5.91 Å². The van der Waals surface area contributed by atoms with Crippen molar-refractivity contribution in [3.8, 4) is 22.8 Å². The Kier molecular flexibility index (Phi) is 8.01. The van der Waals surface area contributed by atoms with Crippen LogP contribution in [-0.2, 0) is 10.4 Å². The molecule has 0 saturated heterocycles. The van der Waals surface area contributed by atoms with Gasteiger partial charge in [0.1, 0.15) is 17.5 Å². The average Bonchev–Trinajstić information content (AvgIpc) is 3.72. The zero-order chi connectivity index (χ0) is 27.6. The summed E-state index contributed by atoms with van der Waals surface area (Å²) in [6, 6.07) is 10.9. The van der Waals surface area contributed by atoms with Crippen LogP contribution in [-0.4, -0.2) is 35.0 Å². The average molecular weight is 542 g/mol. The zero-order valence-corrected chi connectivity index (χ0v) is 21.8. The Balaban J connectivity index is 1.59. The number of aliphatic hydroxyl groups is 1. The van der Waals surface area contributed by atoms with Crippen molar-refractivity contribution in [3.05, 3.63) is 76.2 Å². The minimum absolute atomic E-state index is 0.00945. The summed E-state index contributed by atoms with van der Waals surface area (Å²) < 4.78 is 24.9. The molecule has 5 N–H and O–H groups in total. The Hall–Kier alpha value is -3.53. The Morgan fingerprint density at radius 3 is 2.55 bits per heavy atom. The smallest absolute Gasteiger partial charge is 0.238 e. The monoisotopic (exact) mass is 541 g/mol. The summed E-state index contributed by atoms with van der Waals surface area (Å²) in [6.45, 7) is 1.51. The number of hydrogen-bond donors (Lipinski definition) is 3. The molecule has 1 amide bonds. The molecule has 1 fully saturated rings. The molecule has 1 aliphatic carbocycles. The topological polar surface area (TPSA) is 138 Å². The van der Waals surface area contributed by atoms with Gasteiger partial charge in [0, 0.05) is 17.5 Å². The molecule has 38 heavy (non-hydrogen) atoms. The van der Waals surface area contributed by atoms with Crippen molar-refractivity contribution in [2.45, 2.75) is 50.4 Å². The third kappa shape index (κ3) is 6.30. The van der Waals surface area contributed by atoms with E-state index in [2.05, 4.69) is 4.98 Å². The Bertz CT molecular complexity index is 1380. The molecule has 3 aromatic rings. The number of carbonyl (C=O) groups excluding carboxylic acids is 2. The maximum Gasteiger partial charge on any atom is 0.238 e. The molecule has 10 heteroatoms. The summed E-state index contributed by atoms with van der Waals surface area (Å²) >= 11 is 5.94. The van der Waals surface area contributed by atoms with Gasteiger partial charge in [-0.3, -0.25) is 9.59 Å². The fraction of sp³-hybridized carbons (Fsp3) is 0.321. The Labute approximate surface area is 224 Å². The number of methoxy groups -OCH3 is 1. The fourth-order valence-electron chi connectivity index (χ4n) is 3.91. The van der Waals surface area contributed by atoms with Crippen LogP contribution in [0.2, 0.25) is 5.02 Å². The molecule has 200 valence electrons. The number of pyridine rings is 1. The lowest BCUT2D eigenvalue weighted by Crippen LogP contribution is -2.30. The van der Waals surface area contributed by atoms with E-state index in [0.29, 0.717) is 33.9 Å². The molecule has 1 heterocycles. The van der Waals surface area contributed by atoms with Gasteiger partial charge in [-0.2, -0.15) is 0 Å². The van der Waals surface area contributed by atoms with Crippen molar-refractivity contribution in [2.75, 3.05) is 7.11 Å². The number of ketones is 1. The molecule has 0 spiro atoms. The van der Waals surface area contributed by atoms with E-state index in [-0.39, 0.29) is 35.4 Å². The van der Waals surface area contributed by atoms with Crippen molar-refractivity contribution in [3.63, 3.8) is 0 Å². The number of carbonyl (C=O) groups is 2. The first kappa shape index (κ1) is 27.5. The predicted molar refractivity (Wildman–Crippen MR) is 141 cm³/mol. The Morgan fingerprint density at radius 1 is 1.18 bits per heavy atom. The van der Waals surface area contributed by atoms with E-state index in [1.54, 1.807) is 18.2 Å². The lowest BCUT2D eigenvalue weighted by molar-refractivity contribution is -0.119. The van der Waals surface area contributed by atoms with E-state index < -0.39 is 23.4 Å². The third-order valence-corrected chi connectivity index (χ3v) is 6.71. The normalized spacial score (nSPS) is 15.4. The van der Waals surface area contributed by atoms with Crippen LogP contribution in [0.15, 0.2) is 48.5 Å². The number of rotatable bonds is 11. The van der Waals surface area contributed by atoms with Gasteiger partial charge in [0.25, 0.3) is 0 Å². The quantitative estimate of drug-likeness (QED) is 0.305. The summed E-state index contributed by atoms with van der Waals surface area (Å²) in [6.07, 6.45) is 2.18. The Morgan fingerprint density at radius 2 is 1.92 bits per heavy atom. The summed E-state index contributed by atoms with van der Waals surface area (Å²) in [5.41, 5.74) is 11.4. The van der Waals surface area contributed by atoms with Crippen LogP contribution in [0.4, 0.5) is 4.39 Å². The highest BCUT2D eigenvalue weighted by Crippen LogP contribution is 2.35. The minimum atomic E-state index is -1.58. The van der Waals surface area contributed by atoms with Crippen LogP contribution in [0.3, 0.4) is 0 Å². The van der Waals surface area contributed by atoms with E-state index in [1.807, 2.05) is 0 Å². The van der Waals surface area contributed by atoms with Gasteiger partial charge in [0.05, 0.1) is 29.6 Å². The predicted octanol–water partition coefficient (Wildman–Crippen LogP) is 4.45. The van der Waals surface area contributed by atoms with E-state index in [4.69, 9.17) is 32.5 Å². The zero-order valence-electron chi connectivity index (χ0n) is 21.0. The molecule has 1 aromatic heterocycles. The first-order valence-electron chi connectivity index (χ1n) is 12.1. The molecular formula is C28H29ClFN3O5. The summed E-state index contributed by atoms with van der Waals surface area (Å²) in [5, 5.41) is 11.2. The molecule has 1 aliphatic rings. The van der Waals surface area contributed by atoms with Crippen LogP contribution in [0, 0.1) is 5.82 Å². The summed E-state index contributed by atoms with van der Waals surface area (Å²) in [5.74, 6) is -0.541. The highest BCUT2D eigenvalue weighted by Gasteiger charge is 2.29. The van der Waals surface area contributed by atoms with E-state index in [1.165, 1.54) is 44.4 Å². The second-order valence-electron chi connectivity index (χ2n) is 9.56. The number of amides is 1. The minimum Gasteiger partial charge on any atom is -0.493 e. The van der Waals surface area contributed by atoms with Gasteiger partial charge in [-0.1, -0.05) is 11.6 Å². The molecule has 2 unspecified atom stereocenters. The third-order valence-electron chi connectivity index (χ3n) is 6.42. The van der Waals surface area contributed by atoms with Crippen molar-refractivity contribution in [1.29, 1.82) is 0 Å². The van der Waals surface area contributed by atoms with Crippen LogP contribution in [0.5, 0.6) is 11.5 Å².